The zero-order valence-electron chi connectivity index (χ0n) is 19.0. The van der Waals surface area contributed by atoms with Crippen molar-refractivity contribution in [1.29, 1.82) is 5.26 Å². The number of hydrogen-bond acceptors (Lipinski definition) is 3. The van der Waals surface area contributed by atoms with Crippen LogP contribution in [0.15, 0.2) is 12.4 Å². The Balaban J connectivity index is 1.35. The molecule has 5 rings (SSSR count). The number of carbonyl (C=O) groups is 1. The number of hydrogen-bond donors (Lipinski definition) is 0. The number of rotatable bonds is 4. The van der Waals surface area contributed by atoms with Crippen molar-refractivity contribution < 1.29 is 9.18 Å². The summed E-state index contributed by atoms with van der Waals surface area (Å²) in [7, 11) is 0. The van der Waals surface area contributed by atoms with E-state index >= 15 is 0 Å². The number of nitriles is 1. The Labute approximate surface area is 185 Å². The second-order valence-electron chi connectivity index (χ2n) is 11.6. The van der Waals surface area contributed by atoms with Crippen molar-refractivity contribution in [2.45, 2.75) is 78.2 Å². The second kappa shape index (κ2) is 7.71. The van der Waals surface area contributed by atoms with Gasteiger partial charge >= 0.3 is 0 Å². The van der Waals surface area contributed by atoms with E-state index in [9.17, 15) is 9.18 Å². The lowest BCUT2D eigenvalue weighted by Crippen LogP contribution is -2.55. The molecule has 0 amide bonds. The molecular formula is C26H36FN3O. The molecule has 0 aromatic carbocycles. The Morgan fingerprint density at radius 1 is 1.23 bits per heavy atom. The summed E-state index contributed by atoms with van der Waals surface area (Å²) in [4.78, 5) is 13.3. The van der Waals surface area contributed by atoms with E-state index in [1.165, 1.54) is 31.9 Å². The number of carbonyl (C=O) groups excluding carboxylic acids is 1. The van der Waals surface area contributed by atoms with Crippen LogP contribution in [-0.2, 0) is 11.3 Å². The van der Waals surface area contributed by atoms with Gasteiger partial charge in [0.25, 0.3) is 0 Å². The minimum atomic E-state index is -0.141. The average Bonchev–Trinajstić information content (AvgIpc) is 3.36. The Hall–Kier alpha value is -1.70. The van der Waals surface area contributed by atoms with E-state index < -0.39 is 0 Å². The van der Waals surface area contributed by atoms with Crippen LogP contribution in [0.5, 0.6) is 0 Å². The monoisotopic (exact) mass is 425 g/mol. The number of nitrogens with zero attached hydrogens (tertiary/aromatic N) is 3. The first-order valence-electron chi connectivity index (χ1n) is 12.4. The largest absolute Gasteiger partial charge is 0.297 e. The molecular weight excluding hydrogens is 389 g/mol. The molecule has 8 atom stereocenters. The van der Waals surface area contributed by atoms with Crippen molar-refractivity contribution in [3.63, 3.8) is 0 Å². The van der Waals surface area contributed by atoms with E-state index in [1.54, 1.807) is 10.9 Å². The molecule has 168 valence electrons. The SMILES string of the molecule is C[C@H]1CC[C@@]2(CF)[C@H](CC[C@H]3[C@@H]4CC[C@H](C(=O)Cn5cc(C#N)cn5)[C@@]4(C)CC[C@@H]32)C1. The Morgan fingerprint density at radius 3 is 2.81 bits per heavy atom. The average molecular weight is 426 g/mol. The molecule has 5 heteroatoms. The van der Waals surface area contributed by atoms with Crippen molar-refractivity contribution in [2.75, 3.05) is 6.67 Å². The summed E-state index contributed by atoms with van der Waals surface area (Å²) in [6, 6.07) is 2.08. The standard InChI is InChI=1S/C26H36FN3O/c1-17-7-10-26(16-27)19(11-17)3-4-20-21-5-6-23(25(21,2)9-8-22(20)26)24(31)15-30-14-18(12-28)13-29-30/h13-14,17,19-23H,3-11,15-16H2,1-2H3/t17-,19+,20-,21-,22-,23+,25-,26+/m0/s1. The maximum atomic E-state index is 14.7. The fraction of sp³-hybridized carbons (Fsp3) is 0.808. The lowest BCUT2D eigenvalue weighted by Gasteiger charge is -2.61. The van der Waals surface area contributed by atoms with E-state index in [0.29, 0.717) is 29.2 Å². The summed E-state index contributed by atoms with van der Waals surface area (Å²) in [5, 5.41) is 13.2. The molecule has 4 nitrogen and oxygen atoms in total. The topological polar surface area (TPSA) is 58.7 Å². The zero-order valence-corrected chi connectivity index (χ0v) is 19.0. The van der Waals surface area contributed by atoms with Gasteiger partial charge in [-0.3, -0.25) is 13.9 Å². The van der Waals surface area contributed by atoms with Crippen molar-refractivity contribution >= 4 is 5.78 Å². The highest BCUT2D eigenvalue weighted by Gasteiger charge is 2.62. The molecule has 4 saturated carbocycles. The van der Waals surface area contributed by atoms with Crippen LogP contribution >= 0.6 is 0 Å². The summed E-state index contributed by atoms with van der Waals surface area (Å²) < 4.78 is 16.4. The van der Waals surface area contributed by atoms with Gasteiger partial charge in [-0.2, -0.15) is 10.4 Å². The van der Waals surface area contributed by atoms with E-state index in [-0.39, 0.29) is 35.8 Å². The van der Waals surface area contributed by atoms with Gasteiger partial charge in [0.15, 0.2) is 5.78 Å². The van der Waals surface area contributed by atoms with Crippen molar-refractivity contribution in [1.82, 2.24) is 9.78 Å². The first kappa shape index (κ1) is 21.2. The Bertz CT molecular complexity index is 889. The molecule has 4 aliphatic rings. The highest BCUT2D eigenvalue weighted by molar-refractivity contribution is 5.82. The van der Waals surface area contributed by atoms with E-state index in [1.807, 2.05) is 0 Å². The Kier molecular flexibility index (Phi) is 5.26. The number of ketones is 1. The first-order valence-corrected chi connectivity index (χ1v) is 12.4. The van der Waals surface area contributed by atoms with Crippen LogP contribution in [0, 0.1) is 57.7 Å². The molecule has 0 radical (unpaired) electrons. The van der Waals surface area contributed by atoms with Crippen LogP contribution in [0.3, 0.4) is 0 Å². The molecule has 1 aromatic rings. The van der Waals surface area contributed by atoms with E-state index in [4.69, 9.17) is 5.26 Å². The highest BCUT2D eigenvalue weighted by Crippen LogP contribution is 2.68. The van der Waals surface area contributed by atoms with Crippen molar-refractivity contribution in [2.24, 2.45) is 46.3 Å². The van der Waals surface area contributed by atoms with Gasteiger partial charge in [-0.15, -0.1) is 0 Å². The van der Waals surface area contributed by atoms with Crippen LogP contribution in [0.25, 0.3) is 0 Å². The lowest BCUT2D eigenvalue weighted by molar-refractivity contribution is -0.144. The molecule has 4 fully saturated rings. The summed E-state index contributed by atoms with van der Waals surface area (Å²) in [6.45, 7) is 4.82. The third-order valence-electron chi connectivity index (χ3n) is 10.3. The van der Waals surface area contributed by atoms with Gasteiger partial charge in [-0.1, -0.05) is 20.3 Å². The predicted molar refractivity (Wildman–Crippen MR) is 117 cm³/mol. The molecule has 1 heterocycles. The van der Waals surface area contributed by atoms with Gasteiger partial charge < -0.3 is 0 Å². The van der Waals surface area contributed by atoms with Gasteiger partial charge in [0.2, 0.25) is 0 Å². The number of halogens is 1. The molecule has 0 saturated heterocycles. The van der Waals surface area contributed by atoms with Gasteiger partial charge in [0.05, 0.1) is 25.0 Å². The van der Waals surface area contributed by atoms with Gasteiger partial charge in [-0.25, -0.2) is 0 Å². The Morgan fingerprint density at radius 2 is 2.06 bits per heavy atom. The summed E-state index contributed by atoms with van der Waals surface area (Å²) in [6.07, 6.45) is 13.3. The third-order valence-corrected chi connectivity index (χ3v) is 10.3. The van der Waals surface area contributed by atoms with Gasteiger partial charge in [0, 0.05) is 17.5 Å². The minimum absolute atomic E-state index is 0.0375. The molecule has 0 N–H and O–H groups in total. The highest BCUT2D eigenvalue weighted by atomic mass is 19.1. The van der Waals surface area contributed by atoms with Crippen molar-refractivity contribution in [3.05, 3.63) is 18.0 Å². The summed E-state index contributed by atoms with van der Waals surface area (Å²) >= 11 is 0. The fourth-order valence-corrected chi connectivity index (χ4v) is 8.83. The number of fused-ring (bicyclic) bond motifs is 5. The van der Waals surface area contributed by atoms with E-state index in [0.717, 1.165) is 38.0 Å². The summed E-state index contributed by atoms with van der Waals surface area (Å²) in [5.41, 5.74) is 0.455. The molecule has 0 unspecified atom stereocenters. The molecule has 0 bridgehead atoms. The zero-order chi connectivity index (χ0) is 21.8. The number of aromatic nitrogens is 2. The normalized spacial score (nSPS) is 44.1. The molecule has 0 aliphatic heterocycles. The molecule has 1 aromatic heterocycles. The minimum Gasteiger partial charge on any atom is -0.297 e. The fourth-order valence-electron chi connectivity index (χ4n) is 8.83. The van der Waals surface area contributed by atoms with Gasteiger partial charge in [-0.05, 0) is 86.4 Å². The quantitative estimate of drug-likeness (QED) is 0.634. The second-order valence-corrected chi connectivity index (χ2v) is 11.6. The number of alkyl halides is 1. The number of Topliss-reactive ketones (excluding diaryl/α,β-unsaturated/α-hetero) is 1. The predicted octanol–water partition coefficient (Wildman–Crippen LogP) is 5.57. The third kappa shape index (κ3) is 3.19. The van der Waals surface area contributed by atoms with Crippen molar-refractivity contribution in [3.8, 4) is 6.07 Å². The van der Waals surface area contributed by atoms with Crippen LogP contribution in [0.4, 0.5) is 4.39 Å². The maximum Gasteiger partial charge on any atom is 0.157 e. The molecule has 4 aliphatic carbocycles. The molecule has 0 spiro atoms. The van der Waals surface area contributed by atoms with Crippen LogP contribution in [-0.4, -0.2) is 22.2 Å². The van der Waals surface area contributed by atoms with Crippen LogP contribution in [0.2, 0.25) is 0 Å². The summed E-state index contributed by atoms with van der Waals surface area (Å²) in [5.74, 6) is 3.30. The van der Waals surface area contributed by atoms with Gasteiger partial charge in [0.1, 0.15) is 6.07 Å². The first-order chi connectivity index (χ1) is 14.9. The molecule has 31 heavy (non-hydrogen) atoms. The maximum absolute atomic E-state index is 14.7. The van der Waals surface area contributed by atoms with Crippen LogP contribution < -0.4 is 0 Å². The van der Waals surface area contributed by atoms with E-state index in [2.05, 4.69) is 25.0 Å². The lowest BCUT2D eigenvalue weighted by atomic mass is 9.44. The van der Waals surface area contributed by atoms with Crippen LogP contribution in [0.1, 0.15) is 77.2 Å². The smallest absolute Gasteiger partial charge is 0.157 e.